The highest BCUT2D eigenvalue weighted by molar-refractivity contribution is 6.74. The molecule has 0 saturated heterocycles. The van der Waals surface area contributed by atoms with Gasteiger partial charge in [-0.05, 0) is 49.2 Å². The highest BCUT2D eigenvalue weighted by atomic mass is 28.4. The third-order valence-corrected chi connectivity index (χ3v) is 8.57. The summed E-state index contributed by atoms with van der Waals surface area (Å²) in [6, 6.07) is 0. The summed E-state index contributed by atoms with van der Waals surface area (Å²) in [5, 5.41) is 0.217. The van der Waals surface area contributed by atoms with E-state index in [0.29, 0.717) is 0 Å². The van der Waals surface area contributed by atoms with Crippen molar-refractivity contribution in [2.75, 3.05) is 0 Å². The summed E-state index contributed by atoms with van der Waals surface area (Å²) in [5.74, 6) is 6.14. The average molecular weight is 332 g/mol. The van der Waals surface area contributed by atoms with E-state index in [0.717, 1.165) is 25.7 Å². The predicted octanol–water partition coefficient (Wildman–Crippen LogP) is 6.46. The molecule has 0 heterocycles. The minimum absolute atomic E-state index is 0.107. The van der Waals surface area contributed by atoms with Crippen molar-refractivity contribution >= 4 is 8.32 Å². The van der Waals surface area contributed by atoms with E-state index in [9.17, 15) is 0 Å². The van der Waals surface area contributed by atoms with Crippen molar-refractivity contribution in [3.8, 4) is 11.8 Å². The number of hydrogen-bond donors (Lipinski definition) is 0. The Bertz CT molecular complexity index is 452. The van der Waals surface area contributed by atoms with Gasteiger partial charge >= 0.3 is 0 Å². The summed E-state index contributed by atoms with van der Waals surface area (Å²) < 4.78 is 6.52. The van der Waals surface area contributed by atoms with Gasteiger partial charge in [0.05, 0.1) is 13.0 Å². The maximum Gasteiger partial charge on any atom is 0.192 e. The Balaban J connectivity index is 4.82. The molecule has 0 radical (unpaired) electrons. The van der Waals surface area contributed by atoms with Crippen molar-refractivity contribution in [1.82, 2.24) is 0 Å². The van der Waals surface area contributed by atoms with Crippen LogP contribution >= 0.6 is 0 Å². The molecule has 0 rings (SSSR count). The fraction of sp³-hybridized carbons (Fsp3) is 0.571. The molecule has 1 atom stereocenters. The molecule has 0 aromatic rings. The van der Waals surface area contributed by atoms with Gasteiger partial charge in [-0.2, -0.15) is 0 Å². The summed E-state index contributed by atoms with van der Waals surface area (Å²) >= 11 is 0. The zero-order valence-corrected chi connectivity index (χ0v) is 17.0. The van der Waals surface area contributed by atoms with E-state index in [2.05, 4.69) is 89.9 Å². The normalized spacial score (nSPS) is 14.5. The molecule has 0 aliphatic carbocycles. The largest absolute Gasteiger partial charge is 0.410 e. The van der Waals surface area contributed by atoms with Gasteiger partial charge in [0.15, 0.2) is 8.32 Å². The van der Waals surface area contributed by atoms with Gasteiger partial charge in [0, 0.05) is 6.42 Å². The summed E-state index contributed by atoms with van der Waals surface area (Å²) in [7, 11) is -1.77. The number of rotatable bonds is 8. The van der Waals surface area contributed by atoms with Crippen LogP contribution in [-0.4, -0.2) is 14.4 Å². The van der Waals surface area contributed by atoms with Gasteiger partial charge in [-0.3, -0.25) is 0 Å². The van der Waals surface area contributed by atoms with Crippen molar-refractivity contribution in [2.24, 2.45) is 0 Å². The zero-order valence-electron chi connectivity index (χ0n) is 16.0. The first-order chi connectivity index (χ1) is 10.7. The van der Waals surface area contributed by atoms with Crippen LogP contribution in [0, 0.1) is 18.8 Å². The maximum absolute atomic E-state index is 6.52. The Kier molecular flexibility index (Phi) is 10.8. The van der Waals surface area contributed by atoms with E-state index in [-0.39, 0.29) is 11.1 Å². The van der Waals surface area contributed by atoms with Crippen LogP contribution in [0.4, 0.5) is 0 Å². The van der Waals surface area contributed by atoms with E-state index in [1.54, 1.807) is 0 Å². The van der Waals surface area contributed by atoms with E-state index < -0.39 is 8.32 Å². The van der Waals surface area contributed by atoms with Gasteiger partial charge in [-0.15, -0.1) is 0 Å². The molecule has 0 fully saturated rings. The Hall–Kier alpha value is -1.17. The Morgan fingerprint density at radius 3 is 2.35 bits per heavy atom. The lowest BCUT2D eigenvalue weighted by molar-refractivity contribution is 0.228. The van der Waals surface area contributed by atoms with Crippen molar-refractivity contribution in [2.45, 2.75) is 77.6 Å². The number of allylic oxidation sites excluding steroid dienone is 4. The molecule has 1 nitrogen and oxygen atoms in total. The van der Waals surface area contributed by atoms with Crippen molar-refractivity contribution < 1.29 is 4.43 Å². The average Bonchev–Trinajstić information content (AvgIpc) is 2.45. The summed E-state index contributed by atoms with van der Waals surface area (Å²) in [6.45, 7) is 17.3. The molecule has 2 heteroatoms. The van der Waals surface area contributed by atoms with Crippen LogP contribution in [0.25, 0.3) is 0 Å². The molecule has 1 unspecified atom stereocenters. The Morgan fingerprint density at radius 2 is 1.78 bits per heavy atom. The summed E-state index contributed by atoms with van der Waals surface area (Å²) in [4.78, 5) is 0. The molecule has 0 aromatic heterocycles. The van der Waals surface area contributed by atoms with Crippen LogP contribution in [0.15, 0.2) is 36.5 Å². The first-order valence-corrected chi connectivity index (χ1v) is 11.6. The maximum atomic E-state index is 6.52. The molecule has 0 saturated carbocycles. The van der Waals surface area contributed by atoms with Crippen molar-refractivity contribution in [3.63, 3.8) is 0 Å². The lowest BCUT2D eigenvalue weighted by Crippen LogP contribution is -2.43. The highest BCUT2D eigenvalue weighted by Gasteiger charge is 2.38. The van der Waals surface area contributed by atoms with Gasteiger partial charge in [0.2, 0.25) is 0 Å². The molecule has 0 amide bonds. The third kappa shape index (κ3) is 10.3. The molecular formula is C21H35OSi+. The smallest absolute Gasteiger partial charge is 0.192 e. The minimum atomic E-state index is -1.77. The third-order valence-electron chi connectivity index (χ3n) is 4.07. The van der Waals surface area contributed by atoms with Gasteiger partial charge in [0.1, 0.15) is 6.42 Å². The van der Waals surface area contributed by atoms with Gasteiger partial charge in [0.25, 0.3) is 0 Å². The lowest BCUT2D eigenvalue weighted by Gasteiger charge is -2.38. The fourth-order valence-corrected chi connectivity index (χ4v) is 2.94. The monoisotopic (exact) mass is 331 g/mol. The zero-order chi connectivity index (χ0) is 17.8. The van der Waals surface area contributed by atoms with Gasteiger partial charge in [-0.25, -0.2) is 0 Å². The number of hydrogen-bond acceptors (Lipinski definition) is 1. The van der Waals surface area contributed by atoms with Crippen LogP contribution in [0.2, 0.25) is 18.1 Å². The SMILES string of the molecule is [CH2+]C/C=C\C/C=C\CC(/C=C/C#CCC)O[Si](C)(C)C(C)(C)C. The summed E-state index contributed by atoms with van der Waals surface area (Å²) in [5.41, 5.74) is 0. The Morgan fingerprint density at radius 1 is 1.13 bits per heavy atom. The first-order valence-electron chi connectivity index (χ1n) is 8.66. The van der Waals surface area contributed by atoms with Gasteiger partial charge in [-0.1, -0.05) is 57.8 Å². The minimum Gasteiger partial charge on any atom is -0.410 e. The molecule has 0 aromatic carbocycles. The van der Waals surface area contributed by atoms with Gasteiger partial charge < -0.3 is 4.43 Å². The van der Waals surface area contributed by atoms with E-state index >= 15 is 0 Å². The summed E-state index contributed by atoms with van der Waals surface area (Å²) in [6.07, 6.45) is 16.4. The Labute approximate surface area is 146 Å². The van der Waals surface area contributed by atoms with Crippen LogP contribution in [0.5, 0.6) is 0 Å². The quantitative estimate of drug-likeness (QED) is 0.214. The van der Waals surface area contributed by atoms with Crippen LogP contribution in [0.1, 0.15) is 53.4 Å². The topological polar surface area (TPSA) is 9.23 Å². The van der Waals surface area contributed by atoms with Crippen LogP contribution in [-0.2, 0) is 4.43 Å². The second-order valence-electron chi connectivity index (χ2n) is 7.15. The van der Waals surface area contributed by atoms with Crippen molar-refractivity contribution in [3.05, 3.63) is 43.4 Å². The fourth-order valence-electron chi connectivity index (χ4n) is 1.66. The van der Waals surface area contributed by atoms with Crippen molar-refractivity contribution in [1.29, 1.82) is 0 Å². The molecule has 23 heavy (non-hydrogen) atoms. The van der Waals surface area contributed by atoms with Crippen LogP contribution in [0.3, 0.4) is 0 Å². The predicted molar refractivity (Wildman–Crippen MR) is 107 cm³/mol. The van der Waals surface area contributed by atoms with E-state index in [1.807, 2.05) is 6.08 Å². The molecule has 0 spiro atoms. The molecule has 0 bridgehead atoms. The second-order valence-corrected chi connectivity index (χ2v) is 11.9. The molecule has 0 aliphatic heterocycles. The molecule has 0 N–H and O–H groups in total. The lowest BCUT2D eigenvalue weighted by atomic mass is 10.2. The van der Waals surface area contributed by atoms with E-state index in [4.69, 9.17) is 4.43 Å². The van der Waals surface area contributed by atoms with E-state index in [1.165, 1.54) is 0 Å². The first kappa shape index (κ1) is 21.8. The molecular weight excluding hydrogens is 296 g/mol. The highest BCUT2D eigenvalue weighted by Crippen LogP contribution is 2.37. The molecule has 0 aliphatic rings. The second kappa shape index (κ2) is 11.4. The standard InChI is InChI=1S/C21H35OSi/c1-8-10-12-14-15-17-19-20(18-16-13-11-9-2)22-23(6,7)21(3,4)5/h10,12,15-18,20H,1,8-9,14,19H2,2-7H3/q+1/b12-10-,17-15-,18-16+. The van der Waals surface area contributed by atoms with Crippen LogP contribution < -0.4 is 0 Å². The molecule has 128 valence electrons.